The summed E-state index contributed by atoms with van der Waals surface area (Å²) < 4.78 is 3.75. The third kappa shape index (κ3) is 3.44. The summed E-state index contributed by atoms with van der Waals surface area (Å²) in [6.45, 7) is 10.7. The predicted octanol–water partition coefficient (Wildman–Crippen LogP) is 6.31. The molecule has 0 N–H and O–H groups in total. The van der Waals surface area contributed by atoms with Gasteiger partial charge >= 0.3 is 0 Å². The van der Waals surface area contributed by atoms with Crippen molar-refractivity contribution in [1.82, 2.24) is 0 Å². The molecule has 0 amide bonds. The maximum atomic E-state index is 2.39. The molecule has 0 aliphatic carbocycles. The van der Waals surface area contributed by atoms with Crippen molar-refractivity contribution in [2.24, 2.45) is 0 Å². The number of aryl methyl sites for hydroxylation is 3. The highest BCUT2D eigenvalue weighted by Gasteiger charge is 2.23. The quantitative estimate of drug-likeness (QED) is 0.479. The second kappa shape index (κ2) is 7.53. The highest BCUT2D eigenvalue weighted by atomic mass is 32.2. The molecule has 0 radical (unpaired) electrons. The summed E-state index contributed by atoms with van der Waals surface area (Å²) in [5, 5.41) is 2.60. The maximum Gasteiger partial charge on any atom is 0.262 e. The lowest BCUT2D eigenvalue weighted by atomic mass is 10.2. The van der Waals surface area contributed by atoms with E-state index in [0.29, 0.717) is 0 Å². The van der Waals surface area contributed by atoms with E-state index in [1.54, 1.807) is 0 Å². The fourth-order valence-electron chi connectivity index (χ4n) is 3.54. The molecule has 0 fully saturated rings. The molecule has 0 saturated heterocycles. The highest BCUT2D eigenvalue weighted by Crippen LogP contribution is 2.46. The van der Waals surface area contributed by atoms with Gasteiger partial charge in [0.15, 0.2) is 0 Å². The first-order chi connectivity index (χ1) is 13.1. The first-order valence-electron chi connectivity index (χ1n) is 9.48. The summed E-state index contributed by atoms with van der Waals surface area (Å²) in [6.07, 6.45) is 6.70. The number of thiazole rings is 1. The van der Waals surface area contributed by atoms with Crippen molar-refractivity contribution in [3.05, 3.63) is 69.7 Å². The zero-order chi connectivity index (χ0) is 19.0. The number of allylic oxidation sites excluding steroid dienone is 2. The minimum atomic E-state index is 0.986. The van der Waals surface area contributed by atoms with E-state index < -0.39 is 0 Å². The van der Waals surface area contributed by atoms with Gasteiger partial charge in [-0.2, -0.15) is 4.57 Å². The normalized spacial score (nSPS) is 15.4. The molecular formula is C23H25N2S2+. The van der Waals surface area contributed by atoms with Gasteiger partial charge in [-0.3, -0.25) is 0 Å². The summed E-state index contributed by atoms with van der Waals surface area (Å²) in [5.41, 5.74) is 5.29. The standard InChI is InChI=1S/C23H25N2S2/c1-5-24-18-12-10-16(3)14-20(18)26-22(24)8-7-9-23-25(6-2)19-13-11-17(4)15-21(19)27-23/h7-15H,5-6H2,1-4H3/q+1. The van der Waals surface area contributed by atoms with E-state index in [1.807, 2.05) is 23.1 Å². The van der Waals surface area contributed by atoms with Crippen LogP contribution in [0.3, 0.4) is 0 Å². The van der Waals surface area contributed by atoms with Crippen LogP contribution in [0.1, 0.15) is 30.0 Å². The van der Waals surface area contributed by atoms with Gasteiger partial charge in [-0.15, -0.1) is 0 Å². The molecule has 1 aliphatic heterocycles. The Kier molecular flexibility index (Phi) is 5.11. The third-order valence-electron chi connectivity index (χ3n) is 4.88. The van der Waals surface area contributed by atoms with Crippen molar-refractivity contribution >= 4 is 45.1 Å². The molecule has 4 rings (SSSR count). The van der Waals surface area contributed by atoms with E-state index in [9.17, 15) is 0 Å². The molecule has 138 valence electrons. The summed E-state index contributed by atoms with van der Waals surface area (Å²) in [5.74, 6) is 0. The second-order valence-electron chi connectivity index (χ2n) is 6.84. The van der Waals surface area contributed by atoms with Gasteiger partial charge in [0.1, 0.15) is 11.2 Å². The summed E-state index contributed by atoms with van der Waals surface area (Å²) in [7, 11) is 0. The predicted molar refractivity (Wildman–Crippen MR) is 120 cm³/mol. The molecule has 0 atom stereocenters. The lowest BCUT2D eigenvalue weighted by molar-refractivity contribution is -0.665. The van der Waals surface area contributed by atoms with E-state index in [-0.39, 0.29) is 0 Å². The van der Waals surface area contributed by atoms with E-state index in [1.165, 1.54) is 42.0 Å². The van der Waals surface area contributed by atoms with Crippen LogP contribution in [0.15, 0.2) is 58.5 Å². The van der Waals surface area contributed by atoms with Crippen molar-refractivity contribution in [1.29, 1.82) is 0 Å². The van der Waals surface area contributed by atoms with Crippen molar-refractivity contribution < 1.29 is 4.57 Å². The Morgan fingerprint density at radius 1 is 1.04 bits per heavy atom. The molecular weight excluding hydrogens is 368 g/mol. The number of fused-ring (bicyclic) bond motifs is 2. The van der Waals surface area contributed by atoms with E-state index in [0.717, 1.165) is 13.1 Å². The molecule has 27 heavy (non-hydrogen) atoms. The molecule has 0 bridgehead atoms. The number of hydrogen-bond acceptors (Lipinski definition) is 3. The van der Waals surface area contributed by atoms with Crippen LogP contribution in [0.4, 0.5) is 5.69 Å². The van der Waals surface area contributed by atoms with Crippen molar-refractivity contribution in [3.8, 4) is 0 Å². The van der Waals surface area contributed by atoms with Gasteiger partial charge < -0.3 is 4.90 Å². The zero-order valence-electron chi connectivity index (χ0n) is 16.3. The van der Waals surface area contributed by atoms with Crippen LogP contribution in [0, 0.1) is 13.8 Å². The molecule has 2 nitrogen and oxygen atoms in total. The highest BCUT2D eigenvalue weighted by molar-refractivity contribution is 8.03. The first kappa shape index (κ1) is 18.3. The Labute approximate surface area is 169 Å². The molecule has 1 aliphatic rings. The molecule has 4 heteroatoms. The van der Waals surface area contributed by atoms with Gasteiger partial charge in [0, 0.05) is 23.6 Å². The average Bonchev–Trinajstić information content (AvgIpc) is 3.17. The Balaban J connectivity index is 1.65. The van der Waals surface area contributed by atoms with Crippen LogP contribution in [0.25, 0.3) is 16.3 Å². The number of hydrogen-bond donors (Lipinski definition) is 0. The minimum absolute atomic E-state index is 0.986. The Morgan fingerprint density at radius 2 is 1.81 bits per heavy atom. The van der Waals surface area contributed by atoms with Crippen LogP contribution in [0.5, 0.6) is 0 Å². The van der Waals surface area contributed by atoms with Gasteiger partial charge in [0.05, 0.1) is 10.7 Å². The number of nitrogens with zero attached hydrogens (tertiary/aromatic N) is 2. The minimum Gasteiger partial charge on any atom is -0.335 e. The monoisotopic (exact) mass is 393 g/mol. The van der Waals surface area contributed by atoms with Crippen molar-refractivity contribution in [3.63, 3.8) is 0 Å². The van der Waals surface area contributed by atoms with Gasteiger partial charge in [-0.05, 0) is 63.1 Å². The third-order valence-corrected chi connectivity index (χ3v) is 7.11. The van der Waals surface area contributed by atoms with E-state index in [2.05, 4.69) is 91.8 Å². The molecule has 2 heterocycles. The van der Waals surface area contributed by atoms with Crippen molar-refractivity contribution in [2.45, 2.75) is 39.1 Å². The lowest BCUT2D eigenvalue weighted by Crippen LogP contribution is -2.33. The lowest BCUT2D eigenvalue weighted by Gasteiger charge is -2.17. The van der Waals surface area contributed by atoms with Gasteiger partial charge in [0.25, 0.3) is 5.01 Å². The average molecular weight is 394 g/mol. The van der Waals surface area contributed by atoms with Gasteiger partial charge in [-0.25, -0.2) is 0 Å². The molecule has 1 aromatic heterocycles. The number of rotatable bonds is 4. The van der Waals surface area contributed by atoms with Crippen LogP contribution >= 0.6 is 23.1 Å². The Morgan fingerprint density at radius 3 is 2.59 bits per heavy atom. The van der Waals surface area contributed by atoms with Crippen molar-refractivity contribution in [2.75, 3.05) is 11.4 Å². The molecule has 2 aromatic carbocycles. The van der Waals surface area contributed by atoms with E-state index >= 15 is 0 Å². The molecule has 0 unspecified atom stereocenters. The van der Waals surface area contributed by atoms with Crippen LogP contribution < -0.4 is 9.47 Å². The number of benzene rings is 2. The Hall–Kier alpha value is -2.04. The molecule has 0 saturated carbocycles. The fraction of sp³-hybridized carbons (Fsp3) is 0.261. The SMILES string of the molecule is CCN1/C(=C\C=C\c2sc3cc(C)ccc3[n+]2CC)Sc2cc(C)ccc21. The summed E-state index contributed by atoms with van der Waals surface area (Å²) in [4.78, 5) is 3.75. The van der Waals surface area contributed by atoms with Crippen LogP contribution in [0.2, 0.25) is 0 Å². The second-order valence-corrected chi connectivity index (χ2v) is 8.96. The molecule has 0 spiro atoms. The van der Waals surface area contributed by atoms with Gasteiger partial charge in [0.2, 0.25) is 5.52 Å². The number of thioether (sulfide) groups is 1. The zero-order valence-corrected chi connectivity index (χ0v) is 18.0. The first-order valence-corrected chi connectivity index (χ1v) is 11.1. The molecule has 3 aromatic rings. The van der Waals surface area contributed by atoms with Gasteiger partial charge in [-0.1, -0.05) is 41.3 Å². The van der Waals surface area contributed by atoms with Crippen LogP contribution in [-0.4, -0.2) is 6.54 Å². The Bertz CT molecular complexity index is 1060. The van der Waals surface area contributed by atoms with E-state index in [4.69, 9.17) is 0 Å². The fourth-order valence-corrected chi connectivity index (χ4v) is 6.01. The number of aromatic nitrogens is 1. The number of anilines is 1. The summed E-state index contributed by atoms with van der Waals surface area (Å²) >= 11 is 3.73. The maximum absolute atomic E-state index is 2.39. The smallest absolute Gasteiger partial charge is 0.262 e. The topological polar surface area (TPSA) is 7.12 Å². The summed E-state index contributed by atoms with van der Waals surface area (Å²) in [6, 6.07) is 13.4. The largest absolute Gasteiger partial charge is 0.335 e. The van der Waals surface area contributed by atoms with Crippen LogP contribution in [-0.2, 0) is 6.54 Å².